The Morgan fingerprint density at radius 1 is 1.17 bits per heavy atom. The Hall–Kier alpha value is -4.25. The second kappa shape index (κ2) is 11.3. The molecule has 0 bridgehead atoms. The number of aliphatic hydroxyl groups is 1. The van der Waals surface area contributed by atoms with Gasteiger partial charge in [-0.15, -0.1) is 0 Å². The van der Waals surface area contributed by atoms with E-state index in [9.17, 15) is 29.4 Å². The zero-order valence-electron chi connectivity index (χ0n) is 19.2. The molecule has 0 saturated carbocycles. The SMILES string of the molecule is CCN(Cc1ccc2nc(CO)[nH]c(=O)c2c1)c1ccc(C(=O)N[C@@H](CCC(N)=O)C(=O)O)cc1. The number of hydrogen-bond acceptors (Lipinski definition) is 7. The Morgan fingerprint density at radius 3 is 2.49 bits per heavy atom. The van der Waals surface area contributed by atoms with E-state index in [4.69, 9.17) is 5.73 Å². The number of benzene rings is 2. The van der Waals surface area contributed by atoms with E-state index in [2.05, 4.69) is 15.3 Å². The molecule has 0 unspecified atom stereocenters. The van der Waals surface area contributed by atoms with Crippen molar-refractivity contribution in [2.45, 2.75) is 39.0 Å². The molecule has 2 amide bonds. The quantitative estimate of drug-likeness (QED) is 0.268. The first-order valence-electron chi connectivity index (χ1n) is 11.0. The van der Waals surface area contributed by atoms with Crippen molar-refractivity contribution in [1.29, 1.82) is 0 Å². The number of carbonyl (C=O) groups excluding carboxylic acids is 2. The third-order valence-corrected chi connectivity index (χ3v) is 5.50. The van der Waals surface area contributed by atoms with Crippen molar-refractivity contribution < 1.29 is 24.6 Å². The van der Waals surface area contributed by atoms with Gasteiger partial charge in [0.1, 0.15) is 18.5 Å². The van der Waals surface area contributed by atoms with Crippen LogP contribution >= 0.6 is 0 Å². The summed E-state index contributed by atoms with van der Waals surface area (Å²) in [5.74, 6) is -2.25. The highest BCUT2D eigenvalue weighted by atomic mass is 16.4. The van der Waals surface area contributed by atoms with E-state index in [-0.39, 0.29) is 36.4 Å². The van der Waals surface area contributed by atoms with Crippen LogP contribution in [0.5, 0.6) is 0 Å². The van der Waals surface area contributed by atoms with E-state index >= 15 is 0 Å². The molecule has 1 atom stereocenters. The van der Waals surface area contributed by atoms with Crippen LogP contribution in [0, 0.1) is 0 Å². The maximum Gasteiger partial charge on any atom is 0.326 e. The molecule has 0 aliphatic carbocycles. The topological polar surface area (TPSA) is 179 Å². The molecule has 2 aromatic carbocycles. The second-order valence-electron chi connectivity index (χ2n) is 7.95. The lowest BCUT2D eigenvalue weighted by Gasteiger charge is -2.23. The van der Waals surface area contributed by atoms with E-state index in [0.717, 1.165) is 11.3 Å². The number of primary amides is 1. The van der Waals surface area contributed by atoms with Crippen LogP contribution in [0.25, 0.3) is 10.9 Å². The molecule has 0 aliphatic rings. The minimum atomic E-state index is -1.25. The van der Waals surface area contributed by atoms with Gasteiger partial charge in [-0.1, -0.05) is 6.07 Å². The number of nitrogens with two attached hydrogens (primary N) is 1. The first kappa shape index (κ1) is 25.4. The predicted molar refractivity (Wildman–Crippen MR) is 129 cm³/mol. The van der Waals surface area contributed by atoms with Crippen molar-refractivity contribution in [2.24, 2.45) is 5.73 Å². The third kappa shape index (κ3) is 6.42. The van der Waals surface area contributed by atoms with Gasteiger partial charge in [-0.2, -0.15) is 0 Å². The number of amides is 2. The van der Waals surface area contributed by atoms with Crippen molar-refractivity contribution in [3.8, 4) is 0 Å². The van der Waals surface area contributed by atoms with Crippen molar-refractivity contribution in [3.63, 3.8) is 0 Å². The van der Waals surface area contributed by atoms with Crippen LogP contribution in [-0.4, -0.2) is 50.6 Å². The summed E-state index contributed by atoms with van der Waals surface area (Å²) in [7, 11) is 0. The van der Waals surface area contributed by atoms with Crippen molar-refractivity contribution in [3.05, 3.63) is 69.8 Å². The number of carboxylic acid groups (broad SMARTS) is 1. The molecule has 11 heteroatoms. The van der Waals surface area contributed by atoms with Gasteiger partial charge in [0, 0.05) is 30.8 Å². The number of H-pyrrole nitrogens is 1. The van der Waals surface area contributed by atoms with Crippen molar-refractivity contribution >= 4 is 34.4 Å². The average molecular weight is 482 g/mol. The summed E-state index contributed by atoms with van der Waals surface area (Å²) in [6.45, 7) is 2.76. The van der Waals surface area contributed by atoms with Crippen molar-refractivity contribution in [1.82, 2.24) is 15.3 Å². The van der Waals surface area contributed by atoms with Gasteiger partial charge < -0.3 is 31.1 Å². The molecule has 0 radical (unpaired) electrons. The summed E-state index contributed by atoms with van der Waals surface area (Å²) in [5.41, 5.74) is 7.22. The Kier molecular flexibility index (Phi) is 8.16. The van der Waals surface area contributed by atoms with E-state index in [1.807, 2.05) is 17.9 Å². The maximum absolute atomic E-state index is 12.5. The number of rotatable bonds is 11. The smallest absolute Gasteiger partial charge is 0.326 e. The van der Waals surface area contributed by atoms with Crippen molar-refractivity contribution in [2.75, 3.05) is 11.4 Å². The molecule has 3 aromatic rings. The molecule has 3 rings (SSSR count). The molecule has 0 saturated heterocycles. The number of anilines is 1. The van der Waals surface area contributed by atoms with Crippen LogP contribution in [0.1, 0.15) is 41.5 Å². The van der Waals surface area contributed by atoms with Gasteiger partial charge in [-0.3, -0.25) is 14.4 Å². The minimum Gasteiger partial charge on any atom is -0.480 e. The minimum absolute atomic E-state index is 0.0937. The summed E-state index contributed by atoms with van der Waals surface area (Å²) >= 11 is 0. The monoisotopic (exact) mass is 481 g/mol. The number of nitrogens with zero attached hydrogens (tertiary/aromatic N) is 2. The van der Waals surface area contributed by atoms with Gasteiger partial charge in [-0.25, -0.2) is 9.78 Å². The zero-order chi connectivity index (χ0) is 25.5. The average Bonchev–Trinajstić information content (AvgIpc) is 2.84. The Morgan fingerprint density at radius 2 is 1.89 bits per heavy atom. The van der Waals surface area contributed by atoms with Crippen LogP contribution in [0.3, 0.4) is 0 Å². The van der Waals surface area contributed by atoms with Crippen LogP contribution in [0.4, 0.5) is 5.69 Å². The van der Waals surface area contributed by atoms with Gasteiger partial charge in [0.2, 0.25) is 5.91 Å². The first-order chi connectivity index (χ1) is 16.7. The fraction of sp³-hybridized carbons (Fsp3) is 0.292. The lowest BCUT2D eigenvalue weighted by atomic mass is 10.1. The normalized spacial score (nSPS) is 11.7. The highest BCUT2D eigenvalue weighted by Crippen LogP contribution is 2.20. The molecule has 0 aliphatic heterocycles. The fourth-order valence-electron chi connectivity index (χ4n) is 3.62. The largest absolute Gasteiger partial charge is 0.480 e. The maximum atomic E-state index is 12.5. The number of hydrogen-bond donors (Lipinski definition) is 5. The van der Waals surface area contributed by atoms with Gasteiger partial charge in [-0.05, 0) is 55.3 Å². The molecule has 35 heavy (non-hydrogen) atoms. The van der Waals surface area contributed by atoms with Crippen LogP contribution in [0.15, 0.2) is 47.3 Å². The Balaban J connectivity index is 1.73. The lowest BCUT2D eigenvalue weighted by molar-refractivity contribution is -0.139. The number of aliphatic hydroxyl groups excluding tert-OH is 1. The number of carbonyl (C=O) groups is 3. The fourth-order valence-corrected chi connectivity index (χ4v) is 3.62. The molecule has 0 fully saturated rings. The summed E-state index contributed by atoms with van der Waals surface area (Å²) in [5, 5.41) is 21.3. The first-order valence-corrected chi connectivity index (χ1v) is 11.0. The molecule has 1 heterocycles. The number of aromatic nitrogens is 2. The molecule has 11 nitrogen and oxygen atoms in total. The van der Waals surface area contributed by atoms with E-state index in [0.29, 0.717) is 24.0 Å². The van der Waals surface area contributed by atoms with Gasteiger partial charge >= 0.3 is 5.97 Å². The summed E-state index contributed by atoms with van der Waals surface area (Å²) in [6, 6.07) is 10.8. The Bertz CT molecular complexity index is 1290. The third-order valence-electron chi connectivity index (χ3n) is 5.50. The highest BCUT2D eigenvalue weighted by molar-refractivity contribution is 5.97. The summed E-state index contributed by atoms with van der Waals surface area (Å²) < 4.78 is 0. The highest BCUT2D eigenvalue weighted by Gasteiger charge is 2.21. The number of aromatic amines is 1. The van der Waals surface area contributed by atoms with E-state index in [1.165, 1.54) is 0 Å². The zero-order valence-corrected chi connectivity index (χ0v) is 19.2. The van der Waals surface area contributed by atoms with Gasteiger partial charge in [0.05, 0.1) is 10.9 Å². The number of fused-ring (bicyclic) bond motifs is 1. The van der Waals surface area contributed by atoms with Gasteiger partial charge in [0.25, 0.3) is 11.5 Å². The molecule has 1 aromatic heterocycles. The summed E-state index contributed by atoms with van der Waals surface area (Å²) in [4.78, 5) is 55.9. The number of carboxylic acids is 1. The molecular formula is C24H27N5O6. The van der Waals surface area contributed by atoms with Crippen LogP contribution < -0.4 is 21.5 Å². The molecule has 184 valence electrons. The van der Waals surface area contributed by atoms with E-state index in [1.54, 1.807) is 36.4 Å². The standard InChI is InChI=1S/C24H27N5O6/c1-2-29(12-14-3-8-18-17(11-14)23(33)28-21(13-30)26-18)16-6-4-15(5-7-16)22(32)27-19(24(34)35)9-10-20(25)31/h3-8,11,19,30H,2,9-10,12-13H2,1H3,(H2,25,31)(H,27,32)(H,34,35)(H,26,28,33)/t19-/m0/s1. The Labute approximate surface area is 200 Å². The summed E-state index contributed by atoms with van der Waals surface area (Å²) in [6.07, 6.45) is -0.246. The lowest BCUT2D eigenvalue weighted by Crippen LogP contribution is -2.41. The van der Waals surface area contributed by atoms with E-state index < -0.39 is 23.8 Å². The second-order valence-corrected chi connectivity index (χ2v) is 7.95. The predicted octanol–water partition coefficient (Wildman–Crippen LogP) is 0.890. The van der Waals surface area contributed by atoms with Gasteiger partial charge in [0.15, 0.2) is 0 Å². The number of nitrogens with one attached hydrogen (secondary N) is 2. The number of aliphatic carboxylic acids is 1. The van der Waals surface area contributed by atoms with Crippen LogP contribution in [-0.2, 0) is 22.7 Å². The molecule has 6 N–H and O–H groups in total. The van der Waals surface area contributed by atoms with Crippen LogP contribution in [0.2, 0.25) is 0 Å². The molecule has 0 spiro atoms. The molecular weight excluding hydrogens is 454 g/mol.